The topological polar surface area (TPSA) is 75.4 Å². The third-order valence-corrected chi connectivity index (χ3v) is 4.23. The van der Waals surface area contributed by atoms with Crippen LogP contribution < -0.4 is 16.0 Å². The van der Waals surface area contributed by atoms with Gasteiger partial charge in [-0.15, -0.1) is 0 Å². The third kappa shape index (κ3) is 3.56. The van der Waals surface area contributed by atoms with Gasteiger partial charge in [0.15, 0.2) is 0 Å². The average molecular weight is 323 g/mol. The Bertz CT molecular complexity index is 773. The summed E-state index contributed by atoms with van der Waals surface area (Å²) in [6, 6.07) is 15.7. The molecule has 24 heavy (non-hydrogen) atoms. The largest absolute Gasteiger partial charge is 0.366 e. The highest BCUT2D eigenvalue weighted by Gasteiger charge is 2.24. The van der Waals surface area contributed by atoms with Crippen LogP contribution in [0.2, 0.25) is 0 Å². The van der Waals surface area contributed by atoms with Gasteiger partial charge < -0.3 is 16.0 Å². The number of para-hydroxylation sites is 1. The van der Waals surface area contributed by atoms with Crippen molar-refractivity contribution in [3.63, 3.8) is 0 Å². The van der Waals surface area contributed by atoms with Crippen LogP contribution in [0.25, 0.3) is 0 Å². The second kappa shape index (κ2) is 6.74. The molecule has 0 saturated heterocycles. The average Bonchev–Trinajstić information content (AvgIpc) is 2.54. The van der Waals surface area contributed by atoms with E-state index in [1.165, 1.54) is 11.3 Å². The van der Waals surface area contributed by atoms with E-state index < -0.39 is 5.91 Å². The first-order valence-corrected chi connectivity index (χ1v) is 8.01. The standard InChI is InChI=1S/C19H21N3O2/c1-13(23)21-17-10-15-6-2-3-8-18(15)22(12-17)11-14-5-4-7-16(9-14)19(20)24/h2-9,17H,10-12H2,1H3,(H2,20,24)(H,21,23). The number of hydrogen-bond acceptors (Lipinski definition) is 3. The summed E-state index contributed by atoms with van der Waals surface area (Å²) in [6.45, 7) is 2.94. The molecule has 0 saturated carbocycles. The minimum absolute atomic E-state index is 0.0185. The number of hydrogen-bond donors (Lipinski definition) is 2. The van der Waals surface area contributed by atoms with Gasteiger partial charge in [-0.2, -0.15) is 0 Å². The molecule has 0 radical (unpaired) electrons. The number of benzene rings is 2. The Morgan fingerprint density at radius 1 is 1.21 bits per heavy atom. The second-order valence-corrected chi connectivity index (χ2v) is 6.18. The molecule has 1 aliphatic rings. The minimum Gasteiger partial charge on any atom is -0.366 e. The lowest BCUT2D eigenvalue weighted by Gasteiger charge is -2.36. The lowest BCUT2D eigenvalue weighted by atomic mass is 9.97. The maximum Gasteiger partial charge on any atom is 0.248 e. The molecular formula is C19H21N3O2. The normalized spacial score (nSPS) is 16.4. The summed E-state index contributed by atoms with van der Waals surface area (Å²) in [5.74, 6) is -0.443. The van der Waals surface area contributed by atoms with Gasteiger partial charge in [-0.3, -0.25) is 9.59 Å². The molecule has 0 bridgehead atoms. The van der Waals surface area contributed by atoms with E-state index in [1.807, 2.05) is 30.3 Å². The molecule has 0 aliphatic carbocycles. The van der Waals surface area contributed by atoms with Crippen molar-refractivity contribution >= 4 is 17.5 Å². The van der Waals surface area contributed by atoms with Crippen LogP contribution in [0.5, 0.6) is 0 Å². The van der Waals surface area contributed by atoms with E-state index in [0.29, 0.717) is 12.1 Å². The molecule has 0 spiro atoms. The fourth-order valence-electron chi connectivity index (χ4n) is 3.26. The van der Waals surface area contributed by atoms with Crippen LogP contribution in [0.15, 0.2) is 48.5 Å². The number of nitrogens with two attached hydrogens (primary N) is 1. The molecule has 124 valence electrons. The van der Waals surface area contributed by atoms with Crippen LogP contribution in [0.4, 0.5) is 5.69 Å². The molecule has 5 heteroatoms. The molecule has 2 aromatic carbocycles. The first kappa shape index (κ1) is 16.1. The van der Waals surface area contributed by atoms with E-state index >= 15 is 0 Å². The van der Waals surface area contributed by atoms with Crippen LogP contribution in [-0.2, 0) is 17.8 Å². The van der Waals surface area contributed by atoms with E-state index in [1.54, 1.807) is 13.0 Å². The number of carbonyl (C=O) groups is 2. The van der Waals surface area contributed by atoms with E-state index in [0.717, 1.165) is 18.5 Å². The minimum atomic E-state index is -0.424. The fourth-order valence-corrected chi connectivity index (χ4v) is 3.26. The summed E-state index contributed by atoms with van der Waals surface area (Å²) in [5.41, 5.74) is 9.28. The number of fused-ring (bicyclic) bond motifs is 1. The number of nitrogens with one attached hydrogen (secondary N) is 1. The van der Waals surface area contributed by atoms with Gasteiger partial charge in [0.2, 0.25) is 11.8 Å². The van der Waals surface area contributed by atoms with Crippen LogP contribution in [0.1, 0.15) is 28.4 Å². The van der Waals surface area contributed by atoms with E-state index in [9.17, 15) is 9.59 Å². The van der Waals surface area contributed by atoms with Crippen LogP contribution >= 0.6 is 0 Å². The predicted octanol–water partition coefficient (Wildman–Crippen LogP) is 1.85. The van der Waals surface area contributed by atoms with E-state index in [-0.39, 0.29) is 11.9 Å². The quantitative estimate of drug-likeness (QED) is 0.902. The SMILES string of the molecule is CC(=O)NC1Cc2ccccc2N(Cc2cccc(C(N)=O)c2)C1. The summed E-state index contributed by atoms with van der Waals surface area (Å²) in [6.07, 6.45) is 0.827. The Balaban J connectivity index is 1.87. The highest BCUT2D eigenvalue weighted by atomic mass is 16.1. The Kier molecular flexibility index (Phi) is 4.51. The molecule has 0 fully saturated rings. The summed E-state index contributed by atoms with van der Waals surface area (Å²) >= 11 is 0. The molecule has 5 nitrogen and oxygen atoms in total. The van der Waals surface area contributed by atoms with Crippen molar-refractivity contribution in [1.29, 1.82) is 0 Å². The summed E-state index contributed by atoms with van der Waals surface area (Å²) in [4.78, 5) is 25.0. The van der Waals surface area contributed by atoms with Gasteiger partial charge in [0.25, 0.3) is 0 Å². The molecule has 1 unspecified atom stereocenters. The van der Waals surface area contributed by atoms with Crippen LogP contribution in [0, 0.1) is 0 Å². The maximum atomic E-state index is 11.4. The fraction of sp³-hybridized carbons (Fsp3) is 0.263. The van der Waals surface area contributed by atoms with Crippen LogP contribution in [-0.4, -0.2) is 24.4 Å². The number of rotatable bonds is 4. The highest BCUT2D eigenvalue weighted by Crippen LogP contribution is 2.28. The van der Waals surface area contributed by atoms with Gasteiger partial charge in [0.05, 0.1) is 6.04 Å². The molecule has 3 rings (SSSR count). The Labute approximate surface area is 141 Å². The summed E-state index contributed by atoms with van der Waals surface area (Å²) in [7, 11) is 0. The van der Waals surface area contributed by atoms with Crippen molar-refractivity contribution in [2.24, 2.45) is 5.73 Å². The smallest absolute Gasteiger partial charge is 0.248 e. The molecule has 2 aromatic rings. The van der Waals surface area contributed by atoms with Crippen molar-refractivity contribution in [3.05, 3.63) is 65.2 Å². The molecule has 1 aliphatic heterocycles. The van der Waals surface area contributed by atoms with Crippen LogP contribution in [0.3, 0.4) is 0 Å². The Morgan fingerprint density at radius 3 is 2.75 bits per heavy atom. The monoisotopic (exact) mass is 323 g/mol. The number of anilines is 1. The highest BCUT2D eigenvalue weighted by molar-refractivity contribution is 5.92. The van der Waals surface area contributed by atoms with Gasteiger partial charge in [-0.1, -0.05) is 30.3 Å². The summed E-state index contributed by atoms with van der Waals surface area (Å²) < 4.78 is 0. The van der Waals surface area contributed by atoms with Gasteiger partial charge in [-0.25, -0.2) is 0 Å². The van der Waals surface area contributed by atoms with Crippen molar-refractivity contribution in [1.82, 2.24) is 5.32 Å². The van der Waals surface area contributed by atoms with Crippen molar-refractivity contribution in [3.8, 4) is 0 Å². The lowest BCUT2D eigenvalue weighted by Crippen LogP contribution is -2.47. The van der Waals surface area contributed by atoms with Gasteiger partial charge in [0, 0.05) is 31.3 Å². The maximum absolute atomic E-state index is 11.4. The number of carbonyl (C=O) groups excluding carboxylic acids is 2. The molecule has 1 heterocycles. The van der Waals surface area contributed by atoms with E-state index in [4.69, 9.17) is 5.73 Å². The Morgan fingerprint density at radius 2 is 2.00 bits per heavy atom. The summed E-state index contributed by atoms with van der Waals surface area (Å²) in [5, 5.41) is 3.01. The van der Waals surface area contributed by atoms with E-state index in [2.05, 4.69) is 22.3 Å². The zero-order chi connectivity index (χ0) is 17.1. The van der Waals surface area contributed by atoms with Crippen molar-refractivity contribution < 1.29 is 9.59 Å². The predicted molar refractivity (Wildman–Crippen MR) is 93.8 cm³/mol. The molecule has 1 atom stereocenters. The first-order chi connectivity index (χ1) is 11.5. The van der Waals surface area contributed by atoms with Crippen molar-refractivity contribution in [2.45, 2.75) is 25.9 Å². The number of nitrogens with zero attached hydrogens (tertiary/aromatic N) is 1. The van der Waals surface area contributed by atoms with Gasteiger partial charge in [-0.05, 0) is 35.7 Å². The number of primary amides is 1. The molecule has 0 aromatic heterocycles. The zero-order valence-electron chi connectivity index (χ0n) is 13.7. The third-order valence-electron chi connectivity index (χ3n) is 4.23. The van der Waals surface area contributed by atoms with Gasteiger partial charge in [0.1, 0.15) is 0 Å². The number of amides is 2. The van der Waals surface area contributed by atoms with Crippen molar-refractivity contribution in [2.75, 3.05) is 11.4 Å². The molecule has 2 amide bonds. The lowest BCUT2D eigenvalue weighted by molar-refractivity contribution is -0.119. The molecule has 3 N–H and O–H groups in total. The molecular weight excluding hydrogens is 302 g/mol. The Hall–Kier alpha value is -2.82. The zero-order valence-corrected chi connectivity index (χ0v) is 13.7. The van der Waals surface area contributed by atoms with Gasteiger partial charge >= 0.3 is 0 Å². The first-order valence-electron chi connectivity index (χ1n) is 8.01. The second-order valence-electron chi connectivity index (χ2n) is 6.18.